The quantitative estimate of drug-likeness (QED) is 0.864. The summed E-state index contributed by atoms with van der Waals surface area (Å²) in [6.07, 6.45) is 6.73. The van der Waals surface area contributed by atoms with Crippen LogP contribution in [0.3, 0.4) is 0 Å². The molecular formula is C15H18N4OS. The molecule has 1 fully saturated rings. The number of carbonyl (C=O) groups is 1. The Hall–Kier alpha value is -1.95. The molecule has 1 amide bonds. The molecule has 2 aromatic heterocycles. The van der Waals surface area contributed by atoms with Crippen molar-refractivity contribution in [2.75, 3.05) is 31.1 Å². The normalized spacial score (nSPS) is 15.2. The van der Waals surface area contributed by atoms with Gasteiger partial charge >= 0.3 is 0 Å². The summed E-state index contributed by atoms with van der Waals surface area (Å²) in [5.41, 5.74) is 1.12. The summed E-state index contributed by atoms with van der Waals surface area (Å²) in [6.45, 7) is 3.30. The van der Waals surface area contributed by atoms with E-state index in [-0.39, 0.29) is 5.91 Å². The van der Waals surface area contributed by atoms with Gasteiger partial charge in [-0.15, -0.1) is 11.3 Å². The fraction of sp³-hybridized carbons (Fsp3) is 0.400. The number of carbonyl (C=O) groups excluding carboxylic acids is 1. The van der Waals surface area contributed by atoms with Crippen LogP contribution in [0.25, 0.3) is 0 Å². The highest BCUT2D eigenvalue weighted by Crippen LogP contribution is 2.19. The summed E-state index contributed by atoms with van der Waals surface area (Å²) in [6, 6.07) is 3.92. The Morgan fingerprint density at radius 3 is 2.76 bits per heavy atom. The number of anilines is 1. The number of amides is 1. The lowest BCUT2D eigenvalue weighted by molar-refractivity contribution is -0.131. The lowest BCUT2D eigenvalue weighted by Crippen LogP contribution is -2.48. The molecule has 1 saturated heterocycles. The number of hydrogen-bond donors (Lipinski definition) is 0. The fourth-order valence-electron chi connectivity index (χ4n) is 2.47. The number of rotatable bonds is 4. The molecule has 1 aliphatic rings. The van der Waals surface area contributed by atoms with Gasteiger partial charge in [0.2, 0.25) is 5.91 Å². The van der Waals surface area contributed by atoms with Gasteiger partial charge in [-0.3, -0.25) is 9.78 Å². The Labute approximate surface area is 128 Å². The number of thiazole rings is 1. The van der Waals surface area contributed by atoms with E-state index in [2.05, 4.69) is 14.9 Å². The third-order valence-corrected chi connectivity index (χ3v) is 4.50. The predicted molar refractivity (Wildman–Crippen MR) is 83.5 cm³/mol. The second-order valence-corrected chi connectivity index (χ2v) is 5.92. The minimum atomic E-state index is 0.234. The first-order chi connectivity index (χ1) is 10.3. The van der Waals surface area contributed by atoms with Crippen molar-refractivity contribution in [3.05, 3.63) is 41.7 Å². The van der Waals surface area contributed by atoms with E-state index in [0.29, 0.717) is 6.42 Å². The summed E-state index contributed by atoms with van der Waals surface area (Å²) >= 11 is 1.65. The highest BCUT2D eigenvalue weighted by Gasteiger charge is 2.21. The van der Waals surface area contributed by atoms with Crippen molar-refractivity contribution in [2.45, 2.75) is 12.8 Å². The van der Waals surface area contributed by atoms with Crippen molar-refractivity contribution in [1.82, 2.24) is 14.9 Å². The summed E-state index contributed by atoms with van der Waals surface area (Å²) in [4.78, 5) is 24.8. The molecule has 5 nitrogen and oxygen atoms in total. The van der Waals surface area contributed by atoms with Gasteiger partial charge in [0.25, 0.3) is 0 Å². The van der Waals surface area contributed by atoms with Gasteiger partial charge in [0.15, 0.2) is 5.13 Å². The summed E-state index contributed by atoms with van der Waals surface area (Å²) in [7, 11) is 0. The Morgan fingerprint density at radius 1 is 1.24 bits per heavy atom. The van der Waals surface area contributed by atoms with Crippen LogP contribution in [0.2, 0.25) is 0 Å². The van der Waals surface area contributed by atoms with Crippen LogP contribution >= 0.6 is 11.3 Å². The highest BCUT2D eigenvalue weighted by atomic mass is 32.1. The summed E-state index contributed by atoms with van der Waals surface area (Å²) < 4.78 is 0. The highest BCUT2D eigenvalue weighted by molar-refractivity contribution is 7.13. The predicted octanol–water partition coefficient (Wildman–Crippen LogP) is 1.82. The van der Waals surface area contributed by atoms with Gasteiger partial charge in [0, 0.05) is 56.6 Å². The number of pyridine rings is 1. The van der Waals surface area contributed by atoms with Crippen LogP contribution in [0.1, 0.15) is 12.0 Å². The van der Waals surface area contributed by atoms with E-state index >= 15 is 0 Å². The maximum atomic E-state index is 12.2. The van der Waals surface area contributed by atoms with Crippen LogP contribution in [0.4, 0.5) is 5.13 Å². The van der Waals surface area contributed by atoms with Crippen molar-refractivity contribution < 1.29 is 4.79 Å². The summed E-state index contributed by atoms with van der Waals surface area (Å²) in [5.74, 6) is 0.234. The fourth-order valence-corrected chi connectivity index (χ4v) is 3.17. The molecule has 3 heterocycles. The third kappa shape index (κ3) is 3.58. The van der Waals surface area contributed by atoms with Crippen molar-refractivity contribution in [3.63, 3.8) is 0 Å². The summed E-state index contributed by atoms with van der Waals surface area (Å²) in [5, 5.41) is 3.04. The zero-order valence-corrected chi connectivity index (χ0v) is 12.6. The molecule has 0 unspecified atom stereocenters. The van der Waals surface area contributed by atoms with Crippen LogP contribution in [-0.4, -0.2) is 47.0 Å². The Bertz CT molecular complexity index is 565. The number of piperazine rings is 1. The van der Waals surface area contributed by atoms with Crippen molar-refractivity contribution in [2.24, 2.45) is 0 Å². The molecule has 0 aliphatic carbocycles. The molecule has 0 saturated carbocycles. The molecule has 0 N–H and O–H groups in total. The lowest BCUT2D eigenvalue weighted by Gasteiger charge is -2.34. The number of nitrogens with zero attached hydrogens (tertiary/aromatic N) is 4. The van der Waals surface area contributed by atoms with Gasteiger partial charge < -0.3 is 9.80 Å². The molecule has 0 bridgehead atoms. The minimum absolute atomic E-state index is 0.234. The van der Waals surface area contributed by atoms with Gasteiger partial charge in [0.1, 0.15) is 0 Å². The lowest BCUT2D eigenvalue weighted by atomic mass is 10.1. The maximum Gasteiger partial charge on any atom is 0.223 e. The van der Waals surface area contributed by atoms with Crippen LogP contribution in [0, 0.1) is 0 Å². The van der Waals surface area contributed by atoms with E-state index in [9.17, 15) is 4.79 Å². The van der Waals surface area contributed by atoms with Crippen molar-refractivity contribution >= 4 is 22.4 Å². The third-order valence-electron chi connectivity index (χ3n) is 3.67. The van der Waals surface area contributed by atoms with Crippen molar-refractivity contribution in [3.8, 4) is 0 Å². The first-order valence-corrected chi connectivity index (χ1v) is 8.02. The van der Waals surface area contributed by atoms with E-state index in [4.69, 9.17) is 0 Å². The monoisotopic (exact) mass is 302 g/mol. The van der Waals surface area contributed by atoms with Gasteiger partial charge in [-0.05, 0) is 18.1 Å². The van der Waals surface area contributed by atoms with Crippen LogP contribution in [0.5, 0.6) is 0 Å². The van der Waals surface area contributed by atoms with Crippen LogP contribution in [-0.2, 0) is 11.2 Å². The standard InChI is InChI=1S/C15H18N4OS/c20-14(4-3-13-2-1-5-16-12-13)18-7-9-19(10-8-18)15-17-6-11-21-15/h1-2,5-6,11-12H,3-4,7-10H2. The largest absolute Gasteiger partial charge is 0.345 e. The molecule has 21 heavy (non-hydrogen) atoms. The topological polar surface area (TPSA) is 49.3 Å². The van der Waals surface area contributed by atoms with E-state index in [1.165, 1.54) is 0 Å². The van der Waals surface area contributed by atoms with Gasteiger partial charge in [-0.1, -0.05) is 6.07 Å². The van der Waals surface area contributed by atoms with Crippen molar-refractivity contribution in [1.29, 1.82) is 0 Å². The minimum Gasteiger partial charge on any atom is -0.345 e. The molecule has 0 radical (unpaired) electrons. The van der Waals surface area contributed by atoms with E-state index in [1.807, 2.05) is 34.8 Å². The average Bonchev–Trinajstić information content (AvgIpc) is 3.08. The molecule has 6 heteroatoms. The van der Waals surface area contributed by atoms with Gasteiger partial charge in [0.05, 0.1) is 0 Å². The SMILES string of the molecule is O=C(CCc1cccnc1)N1CCN(c2nccs2)CC1. The Balaban J connectivity index is 1.47. The first kappa shape index (κ1) is 14.0. The smallest absolute Gasteiger partial charge is 0.223 e. The second kappa shape index (κ2) is 6.67. The van der Waals surface area contributed by atoms with Gasteiger partial charge in [-0.2, -0.15) is 0 Å². The van der Waals surface area contributed by atoms with E-state index in [0.717, 1.165) is 43.3 Å². The van der Waals surface area contributed by atoms with E-state index in [1.54, 1.807) is 17.5 Å². The first-order valence-electron chi connectivity index (χ1n) is 7.14. The molecular weight excluding hydrogens is 284 g/mol. The number of aryl methyl sites for hydroxylation is 1. The zero-order chi connectivity index (χ0) is 14.5. The molecule has 2 aromatic rings. The molecule has 0 atom stereocenters. The van der Waals surface area contributed by atoms with E-state index < -0.39 is 0 Å². The molecule has 0 spiro atoms. The Kier molecular flexibility index (Phi) is 4.45. The van der Waals surface area contributed by atoms with Crippen LogP contribution < -0.4 is 4.90 Å². The molecule has 110 valence electrons. The van der Waals surface area contributed by atoms with Crippen LogP contribution in [0.15, 0.2) is 36.1 Å². The molecule has 1 aliphatic heterocycles. The molecule has 0 aromatic carbocycles. The maximum absolute atomic E-state index is 12.2. The Morgan fingerprint density at radius 2 is 2.10 bits per heavy atom. The zero-order valence-electron chi connectivity index (χ0n) is 11.8. The second-order valence-electron chi connectivity index (χ2n) is 5.04. The molecule has 3 rings (SSSR count). The number of hydrogen-bond acceptors (Lipinski definition) is 5. The number of aromatic nitrogens is 2. The van der Waals surface area contributed by atoms with Gasteiger partial charge in [-0.25, -0.2) is 4.98 Å². The average molecular weight is 302 g/mol.